The van der Waals surface area contributed by atoms with E-state index in [0.717, 1.165) is 11.3 Å². The Kier molecular flexibility index (Phi) is 4.71. The summed E-state index contributed by atoms with van der Waals surface area (Å²) >= 11 is 0. The Morgan fingerprint density at radius 1 is 1.09 bits per heavy atom. The van der Waals surface area contributed by atoms with E-state index in [9.17, 15) is 4.79 Å². The molecule has 0 amide bonds. The number of carbonyl (C=O) groups excluding carboxylic acids is 1. The second-order valence-electron chi connectivity index (χ2n) is 6.03. The third-order valence-corrected chi connectivity index (χ3v) is 2.89. The summed E-state index contributed by atoms with van der Waals surface area (Å²) in [5.41, 5.74) is 6.95. The maximum Gasteiger partial charge on any atom is 0.340 e. The minimum Gasteiger partial charge on any atom is -0.489 e. The number of rotatable bonds is 4. The molecule has 0 unspecified atom stereocenters. The molecule has 0 fully saturated rings. The average molecular weight is 299 g/mol. The van der Waals surface area contributed by atoms with E-state index in [1.165, 1.54) is 0 Å². The number of nitrogens with two attached hydrogens (primary N) is 1. The molecule has 0 radical (unpaired) electrons. The third kappa shape index (κ3) is 4.52. The number of esters is 1. The van der Waals surface area contributed by atoms with Crippen molar-refractivity contribution in [3.05, 3.63) is 59.7 Å². The standard InChI is InChI=1S/C18H21NO3/c1-18(2,3)22-17(20)15-11-13(9-10-16(15)19)12-21-14-7-5-4-6-8-14/h4-11H,12,19H2,1-3H3. The Labute approximate surface area is 130 Å². The van der Waals surface area contributed by atoms with Gasteiger partial charge in [-0.25, -0.2) is 4.79 Å². The van der Waals surface area contributed by atoms with Crippen LogP contribution in [-0.4, -0.2) is 11.6 Å². The molecule has 4 nitrogen and oxygen atoms in total. The molecule has 2 aromatic rings. The predicted octanol–water partition coefficient (Wildman–Crippen LogP) is 3.80. The van der Waals surface area contributed by atoms with Gasteiger partial charge in [-0.1, -0.05) is 24.3 Å². The first-order chi connectivity index (χ1) is 10.3. The van der Waals surface area contributed by atoms with Crippen LogP contribution in [0.2, 0.25) is 0 Å². The first-order valence-corrected chi connectivity index (χ1v) is 7.15. The van der Waals surface area contributed by atoms with E-state index in [1.54, 1.807) is 12.1 Å². The molecule has 0 atom stereocenters. The fourth-order valence-corrected chi connectivity index (χ4v) is 1.89. The molecule has 4 heteroatoms. The van der Waals surface area contributed by atoms with Crippen LogP contribution in [0, 0.1) is 0 Å². The number of hydrogen-bond donors (Lipinski definition) is 1. The van der Waals surface area contributed by atoms with E-state index in [0.29, 0.717) is 17.9 Å². The van der Waals surface area contributed by atoms with Crippen molar-refractivity contribution in [3.8, 4) is 5.75 Å². The van der Waals surface area contributed by atoms with Crippen LogP contribution < -0.4 is 10.5 Å². The Morgan fingerprint density at radius 3 is 2.41 bits per heavy atom. The summed E-state index contributed by atoms with van der Waals surface area (Å²) in [6.45, 7) is 5.83. The summed E-state index contributed by atoms with van der Waals surface area (Å²) in [5, 5.41) is 0. The summed E-state index contributed by atoms with van der Waals surface area (Å²) in [6, 6.07) is 14.8. The molecule has 0 heterocycles. The van der Waals surface area contributed by atoms with E-state index < -0.39 is 11.6 Å². The van der Waals surface area contributed by atoms with Crippen LogP contribution in [0.4, 0.5) is 5.69 Å². The molecule has 0 saturated heterocycles. The van der Waals surface area contributed by atoms with Crippen molar-refractivity contribution < 1.29 is 14.3 Å². The smallest absolute Gasteiger partial charge is 0.340 e. The number of para-hydroxylation sites is 1. The van der Waals surface area contributed by atoms with E-state index in [1.807, 2.05) is 57.2 Å². The average Bonchev–Trinajstić information content (AvgIpc) is 2.45. The number of hydrogen-bond acceptors (Lipinski definition) is 4. The molecule has 2 aromatic carbocycles. The monoisotopic (exact) mass is 299 g/mol. The molecule has 0 aliphatic carbocycles. The normalized spacial score (nSPS) is 11.0. The van der Waals surface area contributed by atoms with Gasteiger partial charge in [-0.15, -0.1) is 0 Å². The zero-order valence-corrected chi connectivity index (χ0v) is 13.1. The highest BCUT2D eigenvalue weighted by molar-refractivity contribution is 5.95. The lowest BCUT2D eigenvalue weighted by Crippen LogP contribution is -2.24. The van der Waals surface area contributed by atoms with E-state index in [2.05, 4.69) is 0 Å². The Balaban J connectivity index is 2.11. The van der Waals surface area contributed by atoms with Gasteiger partial charge in [0.05, 0.1) is 5.56 Å². The van der Waals surface area contributed by atoms with Crippen molar-refractivity contribution in [1.82, 2.24) is 0 Å². The molecule has 116 valence electrons. The van der Waals surface area contributed by atoms with Gasteiger partial charge in [-0.3, -0.25) is 0 Å². The van der Waals surface area contributed by atoms with Gasteiger partial charge in [-0.05, 0) is 50.6 Å². The predicted molar refractivity (Wildman–Crippen MR) is 86.8 cm³/mol. The van der Waals surface area contributed by atoms with Gasteiger partial charge in [0, 0.05) is 5.69 Å². The van der Waals surface area contributed by atoms with Crippen LogP contribution in [0.1, 0.15) is 36.7 Å². The molecule has 2 N–H and O–H groups in total. The highest BCUT2D eigenvalue weighted by Gasteiger charge is 2.20. The SMILES string of the molecule is CC(C)(C)OC(=O)c1cc(COc2ccccc2)ccc1N. The van der Waals surface area contributed by atoms with Crippen molar-refractivity contribution >= 4 is 11.7 Å². The van der Waals surface area contributed by atoms with Gasteiger partial charge in [0.15, 0.2) is 0 Å². The van der Waals surface area contributed by atoms with Crippen LogP contribution >= 0.6 is 0 Å². The molecule has 22 heavy (non-hydrogen) atoms. The first kappa shape index (κ1) is 15.9. The molecular weight excluding hydrogens is 278 g/mol. The van der Waals surface area contributed by atoms with Crippen molar-refractivity contribution in [2.24, 2.45) is 0 Å². The number of nitrogen functional groups attached to an aromatic ring is 1. The van der Waals surface area contributed by atoms with Crippen LogP contribution in [0.3, 0.4) is 0 Å². The highest BCUT2D eigenvalue weighted by Crippen LogP contribution is 2.20. The lowest BCUT2D eigenvalue weighted by molar-refractivity contribution is 0.00706. The molecule has 0 aliphatic rings. The third-order valence-electron chi connectivity index (χ3n) is 2.89. The first-order valence-electron chi connectivity index (χ1n) is 7.15. The lowest BCUT2D eigenvalue weighted by atomic mass is 10.1. The van der Waals surface area contributed by atoms with Gasteiger partial charge in [-0.2, -0.15) is 0 Å². The molecule has 0 aliphatic heterocycles. The van der Waals surface area contributed by atoms with E-state index in [-0.39, 0.29) is 0 Å². The van der Waals surface area contributed by atoms with Crippen LogP contribution in [0.15, 0.2) is 48.5 Å². The Hall–Kier alpha value is -2.49. The fourth-order valence-electron chi connectivity index (χ4n) is 1.89. The van der Waals surface area contributed by atoms with Crippen LogP contribution in [0.25, 0.3) is 0 Å². The van der Waals surface area contributed by atoms with Crippen molar-refractivity contribution in [2.45, 2.75) is 33.0 Å². The minimum atomic E-state index is -0.555. The van der Waals surface area contributed by atoms with Gasteiger partial charge < -0.3 is 15.2 Å². The summed E-state index contributed by atoms with van der Waals surface area (Å²) in [4.78, 5) is 12.2. The molecule has 0 saturated carbocycles. The van der Waals surface area contributed by atoms with Crippen molar-refractivity contribution in [2.75, 3.05) is 5.73 Å². The molecular formula is C18H21NO3. The summed E-state index contributed by atoms with van der Waals surface area (Å²) in [7, 11) is 0. The lowest BCUT2D eigenvalue weighted by Gasteiger charge is -2.20. The molecule has 0 aromatic heterocycles. The zero-order chi connectivity index (χ0) is 16.2. The van der Waals surface area contributed by atoms with Gasteiger partial charge in [0.1, 0.15) is 18.0 Å². The summed E-state index contributed by atoms with van der Waals surface area (Å²) in [6.07, 6.45) is 0. The van der Waals surface area contributed by atoms with Gasteiger partial charge >= 0.3 is 5.97 Å². The topological polar surface area (TPSA) is 61.5 Å². The zero-order valence-electron chi connectivity index (χ0n) is 13.1. The second kappa shape index (κ2) is 6.52. The van der Waals surface area contributed by atoms with Gasteiger partial charge in [0.25, 0.3) is 0 Å². The van der Waals surface area contributed by atoms with Gasteiger partial charge in [0.2, 0.25) is 0 Å². The number of carbonyl (C=O) groups is 1. The quantitative estimate of drug-likeness (QED) is 0.689. The fraction of sp³-hybridized carbons (Fsp3) is 0.278. The number of ether oxygens (including phenoxy) is 2. The number of anilines is 1. The second-order valence-corrected chi connectivity index (χ2v) is 6.03. The Bertz CT molecular complexity index is 645. The highest BCUT2D eigenvalue weighted by atomic mass is 16.6. The summed E-state index contributed by atoms with van der Waals surface area (Å²) in [5.74, 6) is 0.352. The van der Waals surface area contributed by atoms with Crippen LogP contribution in [-0.2, 0) is 11.3 Å². The van der Waals surface area contributed by atoms with E-state index >= 15 is 0 Å². The molecule has 0 spiro atoms. The molecule has 0 bridgehead atoms. The maximum atomic E-state index is 12.2. The van der Waals surface area contributed by atoms with Crippen LogP contribution in [0.5, 0.6) is 5.75 Å². The van der Waals surface area contributed by atoms with E-state index in [4.69, 9.17) is 15.2 Å². The minimum absolute atomic E-state index is 0.361. The Morgan fingerprint density at radius 2 is 1.77 bits per heavy atom. The maximum absolute atomic E-state index is 12.2. The summed E-state index contributed by atoms with van der Waals surface area (Å²) < 4.78 is 11.0. The van der Waals surface area contributed by atoms with Crippen molar-refractivity contribution in [3.63, 3.8) is 0 Å². The molecule has 2 rings (SSSR count). The number of benzene rings is 2. The largest absolute Gasteiger partial charge is 0.489 e. The van der Waals surface area contributed by atoms with Crippen molar-refractivity contribution in [1.29, 1.82) is 0 Å².